The maximum Gasteiger partial charge on any atom is 0.224 e. The van der Waals surface area contributed by atoms with Crippen molar-refractivity contribution in [2.75, 3.05) is 5.32 Å². The lowest BCUT2D eigenvalue weighted by molar-refractivity contribution is -0.116. The van der Waals surface area contributed by atoms with Crippen LogP contribution < -0.4 is 5.32 Å². The summed E-state index contributed by atoms with van der Waals surface area (Å²) in [4.78, 5) is 15.7. The standard InChI is InChI=1S/C14H20BrClN2O/c1-2-3-4-5-6-7-8-13(19)18-12-9-11(15)10-17-14(12)16/h9-10H,2-8H2,1H3,(H,18,19). The molecule has 0 aliphatic heterocycles. The Balaban J connectivity index is 2.25. The molecule has 0 aromatic carbocycles. The first-order valence-electron chi connectivity index (χ1n) is 6.74. The Morgan fingerprint density at radius 2 is 2.00 bits per heavy atom. The van der Waals surface area contributed by atoms with E-state index in [2.05, 4.69) is 33.2 Å². The van der Waals surface area contributed by atoms with E-state index in [1.54, 1.807) is 12.3 Å². The minimum atomic E-state index is -0.00251. The van der Waals surface area contributed by atoms with Crippen molar-refractivity contribution < 1.29 is 4.79 Å². The Morgan fingerprint density at radius 3 is 2.74 bits per heavy atom. The molecule has 19 heavy (non-hydrogen) atoms. The molecule has 1 N–H and O–H groups in total. The summed E-state index contributed by atoms with van der Waals surface area (Å²) in [5, 5.41) is 3.11. The molecule has 0 radical (unpaired) electrons. The average Bonchev–Trinajstić information content (AvgIpc) is 2.38. The molecule has 0 bridgehead atoms. The number of carbonyl (C=O) groups excluding carboxylic acids is 1. The van der Waals surface area contributed by atoms with Gasteiger partial charge in [0, 0.05) is 17.1 Å². The predicted octanol–water partition coefficient (Wildman–Crippen LogP) is 5.19. The Labute approximate surface area is 128 Å². The molecule has 1 aromatic rings. The molecule has 0 aliphatic carbocycles. The van der Waals surface area contributed by atoms with Gasteiger partial charge in [0.1, 0.15) is 0 Å². The van der Waals surface area contributed by atoms with Crippen LogP contribution in [0.15, 0.2) is 16.7 Å². The number of pyridine rings is 1. The van der Waals surface area contributed by atoms with E-state index in [-0.39, 0.29) is 5.91 Å². The first-order chi connectivity index (χ1) is 9.13. The van der Waals surface area contributed by atoms with Crippen molar-refractivity contribution in [1.29, 1.82) is 0 Å². The van der Waals surface area contributed by atoms with E-state index >= 15 is 0 Å². The molecule has 0 atom stereocenters. The van der Waals surface area contributed by atoms with E-state index in [1.165, 1.54) is 25.7 Å². The van der Waals surface area contributed by atoms with E-state index in [0.717, 1.165) is 17.3 Å². The lowest BCUT2D eigenvalue weighted by Crippen LogP contribution is -2.11. The molecule has 1 rings (SSSR count). The van der Waals surface area contributed by atoms with Crippen LogP contribution in [0.4, 0.5) is 5.69 Å². The number of amides is 1. The van der Waals surface area contributed by atoms with Crippen LogP contribution in [0.25, 0.3) is 0 Å². The van der Waals surface area contributed by atoms with Crippen LogP contribution in [0.5, 0.6) is 0 Å². The fourth-order valence-corrected chi connectivity index (χ4v) is 2.27. The Hall–Kier alpha value is -0.610. The largest absolute Gasteiger partial charge is 0.323 e. The van der Waals surface area contributed by atoms with Gasteiger partial charge in [-0.05, 0) is 28.4 Å². The number of unbranched alkanes of at least 4 members (excludes halogenated alkanes) is 5. The van der Waals surface area contributed by atoms with Crippen LogP contribution in [0, 0.1) is 0 Å². The number of carbonyl (C=O) groups is 1. The van der Waals surface area contributed by atoms with Gasteiger partial charge in [-0.25, -0.2) is 4.98 Å². The summed E-state index contributed by atoms with van der Waals surface area (Å²) < 4.78 is 0.798. The number of aromatic nitrogens is 1. The molecule has 1 amide bonds. The second kappa shape index (κ2) is 9.32. The number of hydrogen-bond donors (Lipinski definition) is 1. The SMILES string of the molecule is CCCCCCCCC(=O)Nc1cc(Br)cnc1Cl. The molecule has 1 aromatic heterocycles. The molecule has 106 valence electrons. The molecule has 0 spiro atoms. The van der Waals surface area contributed by atoms with Crippen LogP contribution in [-0.4, -0.2) is 10.9 Å². The van der Waals surface area contributed by atoms with Crippen molar-refractivity contribution in [3.63, 3.8) is 0 Å². The van der Waals surface area contributed by atoms with Crippen LogP contribution in [-0.2, 0) is 4.79 Å². The normalized spacial score (nSPS) is 10.5. The third-order valence-electron chi connectivity index (χ3n) is 2.84. The molecule has 0 fully saturated rings. The third kappa shape index (κ3) is 6.92. The Morgan fingerprint density at radius 1 is 1.32 bits per heavy atom. The van der Waals surface area contributed by atoms with Crippen LogP contribution >= 0.6 is 27.5 Å². The topological polar surface area (TPSA) is 42.0 Å². The second-order valence-corrected chi connectivity index (χ2v) is 5.83. The van der Waals surface area contributed by atoms with Crippen molar-refractivity contribution in [2.24, 2.45) is 0 Å². The zero-order valence-corrected chi connectivity index (χ0v) is 13.6. The molecular weight excluding hydrogens is 328 g/mol. The molecule has 0 aliphatic rings. The lowest BCUT2D eigenvalue weighted by Gasteiger charge is -2.07. The minimum absolute atomic E-state index is 0.00251. The van der Waals surface area contributed by atoms with Gasteiger partial charge in [-0.2, -0.15) is 0 Å². The highest BCUT2D eigenvalue weighted by atomic mass is 79.9. The summed E-state index contributed by atoms with van der Waals surface area (Å²) in [5.41, 5.74) is 0.562. The Kier molecular flexibility index (Phi) is 8.07. The van der Waals surface area contributed by atoms with Crippen molar-refractivity contribution in [3.05, 3.63) is 21.9 Å². The highest BCUT2D eigenvalue weighted by Gasteiger charge is 2.07. The summed E-state index contributed by atoms with van der Waals surface area (Å²) in [7, 11) is 0. The van der Waals surface area contributed by atoms with Gasteiger partial charge in [-0.15, -0.1) is 0 Å². The molecule has 0 saturated carbocycles. The first kappa shape index (κ1) is 16.4. The van der Waals surface area contributed by atoms with Gasteiger partial charge in [0.15, 0.2) is 5.15 Å². The van der Waals surface area contributed by atoms with Crippen LogP contribution in [0.1, 0.15) is 51.9 Å². The highest BCUT2D eigenvalue weighted by molar-refractivity contribution is 9.10. The van der Waals surface area contributed by atoms with Gasteiger partial charge < -0.3 is 5.32 Å². The van der Waals surface area contributed by atoms with Gasteiger partial charge in [0.2, 0.25) is 5.91 Å². The van der Waals surface area contributed by atoms with Crippen LogP contribution in [0.2, 0.25) is 5.15 Å². The van der Waals surface area contributed by atoms with Gasteiger partial charge in [-0.3, -0.25) is 4.79 Å². The minimum Gasteiger partial charge on any atom is -0.323 e. The first-order valence-corrected chi connectivity index (χ1v) is 7.91. The summed E-state index contributed by atoms with van der Waals surface area (Å²) >= 11 is 9.21. The highest BCUT2D eigenvalue weighted by Crippen LogP contribution is 2.23. The fourth-order valence-electron chi connectivity index (χ4n) is 1.79. The average molecular weight is 348 g/mol. The number of nitrogens with one attached hydrogen (secondary N) is 1. The number of anilines is 1. The second-order valence-electron chi connectivity index (χ2n) is 4.56. The summed E-state index contributed by atoms with van der Waals surface area (Å²) in [6.07, 6.45) is 9.17. The number of nitrogens with zero attached hydrogens (tertiary/aromatic N) is 1. The van der Waals surface area contributed by atoms with Crippen molar-refractivity contribution >= 4 is 39.1 Å². The van der Waals surface area contributed by atoms with Gasteiger partial charge in [-0.1, -0.05) is 50.6 Å². The van der Waals surface area contributed by atoms with Crippen molar-refractivity contribution in [3.8, 4) is 0 Å². The van der Waals surface area contributed by atoms with E-state index < -0.39 is 0 Å². The third-order valence-corrected chi connectivity index (χ3v) is 3.57. The van der Waals surface area contributed by atoms with Crippen LogP contribution in [0.3, 0.4) is 0 Å². The van der Waals surface area contributed by atoms with Gasteiger partial charge >= 0.3 is 0 Å². The zero-order valence-electron chi connectivity index (χ0n) is 11.2. The number of halogens is 2. The quantitative estimate of drug-likeness (QED) is 0.519. The van der Waals surface area contributed by atoms with Crippen molar-refractivity contribution in [2.45, 2.75) is 51.9 Å². The van der Waals surface area contributed by atoms with Gasteiger partial charge in [0.25, 0.3) is 0 Å². The Bertz CT molecular complexity index is 412. The maximum atomic E-state index is 11.8. The molecule has 1 heterocycles. The maximum absolute atomic E-state index is 11.8. The van der Waals surface area contributed by atoms with E-state index in [9.17, 15) is 4.79 Å². The van der Waals surface area contributed by atoms with Gasteiger partial charge in [0.05, 0.1) is 5.69 Å². The fraction of sp³-hybridized carbons (Fsp3) is 0.571. The number of hydrogen-bond acceptors (Lipinski definition) is 2. The van der Waals surface area contributed by atoms with E-state index in [0.29, 0.717) is 17.3 Å². The molecule has 0 saturated heterocycles. The molecule has 3 nitrogen and oxygen atoms in total. The molecular formula is C14H20BrClN2O. The number of rotatable bonds is 8. The predicted molar refractivity (Wildman–Crippen MR) is 83.6 cm³/mol. The van der Waals surface area contributed by atoms with E-state index in [4.69, 9.17) is 11.6 Å². The van der Waals surface area contributed by atoms with Crippen molar-refractivity contribution in [1.82, 2.24) is 4.98 Å². The zero-order chi connectivity index (χ0) is 14.1. The molecule has 0 unspecified atom stereocenters. The molecule has 5 heteroatoms. The van der Waals surface area contributed by atoms with E-state index in [1.807, 2.05) is 0 Å². The smallest absolute Gasteiger partial charge is 0.224 e. The summed E-state index contributed by atoms with van der Waals surface area (Å²) in [6.45, 7) is 2.20. The summed E-state index contributed by atoms with van der Waals surface area (Å²) in [6, 6.07) is 1.76. The summed E-state index contributed by atoms with van der Waals surface area (Å²) in [5.74, 6) is -0.00251. The lowest BCUT2D eigenvalue weighted by atomic mass is 10.1. The monoisotopic (exact) mass is 346 g/mol.